The largest absolute Gasteiger partial charge is 0.394 e. The van der Waals surface area contributed by atoms with Gasteiger partial charge in [0.1, 0.15) is 30.5 Å². The molecule has 0 saturated carbocycles. The lowest BCUT2D eigenvalue weighted by Gasteiger charge is -2.40. The lowest BCUT2D eigenvalue weighted by Crippen LogP contribution is -2.60. The number of nitrogens with one attached hydrogen (secondary N) is 1. The Morgan fingerprint density at radius 3 is 1.69 bits per heavy atom. The molecule has 0 aromatic rings. The summed E-state index contributed by atoms with van der Waals surface area (Å²) in [5.41, 5.74) is 1.18. The maximum absolute atomic E-state index is 13.1. The first-order valence-electron chi connectivity index (χ1n) is 23.9. The average molecular weight is 836 g/mol. The fraction of sp³-hybridized carbons (Fsp3) is 0.816. The zero-order valence-corrected chi connectivity index (χ0v) is 37.6. The van der Waals surface area contributed by atoms with Gasteiger partial charge in [-0.2, -0.15) is 0 Å². The molecule has 1 saturated heterocycles. The molecule has 59 heavy (non-hydrogen) atoms. The molecule has 0 spiro atoms. The number of aliphatic hydroxyl groups excluding tert-OH is 6. The highest BCUT2D eigenvalue weighted by molar-refractivity contribution is 5.80. The summed E-state index contributed by atoms with van der Waals surface area (Å²) in [5, 5.41) is 64.7. The van der Waals surface area contributed by atoms with Crippen molar-refractivity contribution in [3.05, 3.63) is 48.1 Å². The second-order valence-corrected chi connectivity index (χ2v) is 16.9. The number of ether oxygens (including phenoxy) is 2. The Balaban J connectivity index is 2.44. The van der Waals surface area contributed by atoms with Gasteiger partial charge in [-0.05, 0) is 64.7 Å². The van der Waals surface area contributed by atoms with Crippen molar-refractivity contribution in [2.24, 2.45) is 0 Å². The van der Waals surface area contributed by atoms with Crippen LogP contribution in [-0.4, -0.2) is 98.7 Å². The van der Waals surface area contributed by atoms with Crippen LogP contribution < -0.4 is 5.32 Å². The fourth-order valence-electron chi connectivity index (χ4n) is 7.31. The van der Waals surface area contributed by atoms with Crippen LogP contribution in [0.4, 0.5) is 0 Å². The van der Waals surface area contributed by atoms with E-state index in [0.29, 0.717) is 19.3 Å². The van der Waals surface area contributed by atoms with Crippen LogP contribution >= 0.6 is 0 Å². The van der Waals surface area contributed by atoms with E-state index in [1.807, 2.05) is 6.08 Å². The van der Waals surface area contributed by atoms with Crippen molar-refractivity contribution in [3.63, 3.8) is 0 Å². The maximum atomic E-state index is 13.1. The van der Waals surface area contributed by atoms with Gasteiger partial charge in [-0.1, -0.05) is 178 Å². The molecule has 0 unspecified atom stereocenters. The number of hydrogen-bond acceptors (Lipinski definition) is 9. The smallest absolute Gasteiger partial charge is 0.249 e. The Morgan fingerprint density at radius 1 is 0.644 bits per heavy atom. The number of unbranched alkanes of at least 4 members (excludes halogenated alkanes) is 22. The minimum atomic E-state index is -1.62. The highest BCUT2D eigenvalue weighted by atomic mass is 16.7. The zero-order chi connectivity index (χ0) is 43.4. The van der Waals surface area contributed by atoms with Gasteiger partial charge in [0, 0.05) is 0 Å². The van der Waals surface area contributed by atoms with E-state index in [1.54, 1.807) is 6.08 Å². The first-order chi connectivity index (χ1) is 28.7. The van der Waals surface area contributed by atoms with E-state index in [2.05, 4.69) is 56.5 Å². The predicted molar refractivity (Wildman–Crippen MR) is 241 cm³/mol. The Kier molecular flexibility index (Phi) is 35.4. The van der Waals surface area contributed by atoms with Gasteiger partial charge in [0.15, 0.2) is 6.29 Å². The van der Waals surface area contributed by atoms with Gasteiger partial charge in [0.05, 0.1) is 25.4 Å². The summed E-state index contributed by atoms with van der Waals surface area (Å²) in [6, 6.07) is -1.01. The lowest BCUT2D eigenvalue weighted by molar-refractivity contribution is -0.302. The van der Waals surface area contributed by atoms with Gasteiger partial charge in [-0.3, -0.25) is 4.79 Å². The fourth-order valence-corrected chi connectivity index (χ4v) is 7.31. The van der Waals surface area contributed by atoms with Crippen LogP contribution in [0.3, 0.4) is 0 Å². The minimum Gasteiger partial charge on any atom is -0.394 e. The van der Waals surface area contributed by atoms with Crippen LogP contribution in [0.2, 0.25) is 0 Å². The molecule has 1 heterocycles. The van der Waals surface area contributed by atoms with E-state index in [1.165, 1.54) is 128 Å². The van der Waals surface area contributed by atoms with Crippen molar-refractivity contribution in [2.45, 2.75) is 243 Å². The van der Waals surface area contributed by atoms with E-state index in [4.69, 9.17) is 9.47 Å². The van der Waals surface area contributed by atoms with Gasteiger partial charge < -0.3 is 45.4 Å². The predicted octanol–water partition coefficient (Wildman–Crippen LogP) is 9.20. The van der Waals surface area contributed by atoms with Gasteiger partial charge in [0.2, 0.25) is 5.91 Å². The van der Waals surface area contributed by atoms with E-state index >= 15 is 0 Å². The number of allylic oxidation sites excluding steroid dienone is 7. The lowest BCUT2D eigenvalue weighted by atomic mass is 9.99. The summed E-state index contributed by atoms with van der Waals surface area (Å²) in [6.07, 6.45) is 35.9. The van der Waals surface area contributed by atoms with Crippen LogP contribution in [0.25, 0.3) is 0 Å². The molecule has 1 aliphatic rings. The first kappa shape index (κ1) is 55.1. The first-order valence-corrected chi connectivity index (χ1v) is 23.9. The molecule has 10 nitrogen and oxygen atoms in total. The maximum Gasteiger partial charge on any atom is 0.249 e. The Hall–Kier alpha value is -1.89. The minimum absolute atomic E-state index is 0.296. The molecule has 1 fully saturated rings. The molecule has 0 aromatic heterocycles. The monoisotopic (exact) mass is 836 g/mol. The molecule has 0 aromatic carbocycles. The Labute approximate surface area is 359 Å². The molecular weight excluding hydrogens is 747 g/mol. The summed E-state index contributed by atoms with van der Waals surface area (Å²) in [4.78, 5) is 13.1. The molecule has 1 amide bonds. The van der Waals surface area contributed by atoms with Crippen molar-refractivity contribution in [1.82, 2.24) is 5.32 Å². The van der Waals surface area contributed by atoms with Crippen LogP contribution in [0.1, 0.15) is 194 Å². The molecule has 0 bridgehead atoms. The molecule has 0 aliphatic carbocycles. The van der Waals surface area contributed by atoms with Gasteiger partial charge in [-0.25, -0.2) is 0 Å². The number of rotatable bonds is 38. The van der Waals surface area contributed by atoms with Gasteiger partial charge in [0.25, 0.3) is 0 Å². The topological polar surface area (TPSA) is 169 Å². The quantitative estimate of drug-likeness (QED) is 0.0182. The standard InChI is InChI=1S/C49H89NO9/c1-4-6-8-10-12-13-14-15-16-17-18-19-20-21-22-23-24-26-28-32-37-43(53)48(57)50-41(39-58-49-47(56)46(55)45(54)44(38-51)59-49)42(52)36-33-29-31-35-40(3)34-30-27-25-11-9-7-5-2/h15-16,30,33-36,41-47,49,51-56H,4-14,17-29,31-32,37-39H2,1-3H3,(H,50,57)/b16-15-,34-30+,36-33+,40-35+/t41-,42+,43+,44+,45+,46-,47+,49+/m0/s1. The normalized spacial score (nSPS) is 21.8. The molecule has 1 aliphatic heterocycles. The van der Waals surface area contributed by atoms with Gasteiger partial charge in [-0.15, -0.1) is 0 Å². The Morgan fingerprint density at radius 2 is 1.15 bits per heavy atom. The molecule has 344 valence electrons. The van der Waals surface area contributed by atoms with Crippen LogP contribution in [-0.2, 0) is 14.3 Å². The number of carbonyl (C=O) groups excluding carboxylic acids is 1. The van der Waals surface area contributed by atoms with E-state index < -0.39 is 61.5 Å². The highest BCUT2D eigenvalue weighted by Gasteiger charge is 2.44. The van der Waals surface area contributed by atoms with E-state index in [0.717, 1.165) is 32.1 Å². The van der Waals surface area contributed by atoms with E-state index in [-0.39, 0.29) is 6.61 Å². The second kappa shape index (κ2) is 37.8. The van der Waals surface area contributed by atoms with Crippen molar-refractivity contribution >= 4 is 5.91 Å². The molecule has 1 rings (SSSR count). The van der Waals surface area contributed by atoms with Crippen LogP contribution in [0.15, 0.2) is 48.1 Å². The third kappa shape index (κ3) is 28.4. The summed E-state index contributed by atoms with van der Waals surface area (Å²) in [5.74, 6) is -0.635. The molecule has 10 heteroatoms. The average Bonchev–Trinajstić information content (AvgIpc) is 3.23. The molecule has 7 N–H and O–H groups in total. The van der Waals surface area contributed by atoms with E-state index in [9.17, 15) is 35.4 Å². The van der Waals surface area contributed by atoms with Crippen LogP contribution in [0, 0.1) is 0 Å². The summed E-state index contributed by atoms with van der Waals surface area (Å²) in [7, 11) is 0. The zero-order valence-electron chi connectivity index (χ0n) is 37.6. The number of hydrogen-bond donors (Lipinski definition) is 7. The Bertz CT molecular complexity index is 1110. The van der Waals surface area contributed by atoms with Crippen molar-refractivity contribution in [2.75, 3.05) is 13.2 Å². The summed E-state index contributed by atoms with van der Waals surface area (Å²) in [6.45, 7) is 5.61. The number of carbonyl (C=O) groups is 1. The van der Waals surface area contributed by atoms with Crippen LogP contribution in [0.5, 0.6) is 0 Å². The highest BCUT2D eigenvalue weighted by Crippen LogP contribution is 2.23. The SMILES string of the molecule is CCCCCCC/C=C/C(C)=C/CC/C=C/[C@@H](O)[C@H](CO[C@@H]1O[C@H](CO)[C@@H](O)[C@H](O)[C@H]1O)NC(=O)[C@H](O)CCCCCCCCCCCC/C=C\CCCCCCCC. The number of aliphatic hydroxyl groups is 6. The second-order valence-electron chi connectivity index (χ2n) is 16.9. The summed E-state index contributed by atoms with van der Waals surface area (Å²) >= 11 is 0. The summed E-state index contributed by atoms with van der Waals surface area (Å²) < 4.78 is 11.1. The van der Waals surface area contributed by atoms with Crippen molar-refractivity contribution in [1.29, 1.82) is 0 Å². The number of amides is 1. The molecular formula is C49H89NO9. The third-order valence-corrected chi connectivity index (χ3v) is 11.3. The molecule has 0 radical (unpaired) electrons. The van der Waals surface area contributed by atoms with Crippen molar-refractivity contribution < 1.29 is 44.9 Å². The van der Waals surface area contributed by atoms with Crippen molar-refractivity contribution in [3.8, 4) is 0 Å². The third-order valence-electron chi connectivity index (χ3n) is 11.3. The molecule has 8 atom stereocenters. The van der Waals surface area contributed by atoms with Gasteiger partial charge >= 0.3 is 0 Å².